The molecule has 0 bridgehead atoms. The van der Waals surface area contributed by atoms with Crippen LogP contribution < -0.4 is 30.2 Å². The molecule has 378 valence electrons. The summed E-state index contributed by atoms with van der Waals surface area (Å²) in [7, 11) is -1.75. The number of aliphatic hydroxyl groups excluding tert-OH is 2. The third kappa shape index (κ3) is 19.8. The Kier molecular flexibility index (Phi) is 19.5. The van der Waals surface area contributed by atoms with Gasteiger partial charge in [-0.3, -0.25) is 0 Å². The first kappa shape index (κ1) is 55.5. The first-order chi connectivity index (χ1) is 30.9. The van der Waals surface area contributed by atoms with E-state index in [4.69, 9.17) is 4.43 Å². The van der Waals surface area contributed by atoms with Gasteiger partial charge >= 0.3 is 19.1 Å². The Hall–Kier alpha value is -4.07. The normalized spacial score (nSPS) is 22.8. The highest BCUT2D eigenvalue weighted by atomic mass is 28.4. The second-order valence-corrected chi connectivity index (χ2v) is 24.1. The summed E-state index contributed by atoms with van der Waals surface area (Å²) in [5.41, 5.74) is 3.71. The van der Waals surface area contributed by atoms with Gasteiger partial charge in [0.1, 0.15) is 17.2 Å². The number of aliphatic hydroxyl groups is 2. The van der Waals surface area contributed by atoms with Crippen molar-refractivity contribution in [3.63, 3.8) is 0 Å². The van der Waals surface area contributed by atoms with E-state index in [2.05, 4.69) is 64.0 Å². The summed E-state index contributed by atoms with van der Waals surface area (Å²) >= 11 is 0. The van der Waals surface area contributed by atoms with Crippen molar-refractivity contribution >= 4 is 25.4 Å². The minimum atomic E-state index is -4.67. The van der Waals surface area contributed by atoms with Gasteiger partial charge in [0.2, 0.25) is 0 Å². The van der Waals surface area contributed by atoms with Crippen molar-refractivity contribution in [2.24, 2.45) is 0 Å². The van der Waals surface area contributed by atoms with Crippen molar-refractivity contribution in [3.05, 3.63) is 71.3 Å². The predicted molar refractivity (Wildman–Crippen MR) is 245 cm³/mol. The van der Waals surface area contributed by atoms with Gasteiger partial charge in [-0.1, -0.05) is 20.8 Å². The van der Waals surface area contributed by atoms with Gasteiger partial charge in [-0.2, -0.15) is 0 Å². The molecule has 3 aromatic carbocycles. The number of nitrogens with one attached hydrogen (secondary N) is 3. The van der Waals surface area contributed by atoms with Crippen LogP contribution in [0.4, 0.5) is 56.6 Å². The first-order valence-corrected chi connectivity index (χ1v) is 25.8. The lowest BCUT2D eigenvalue weighted by molar-refractivity contribution is -0.275. The van der Waals surface area contributed by atoms with Crippen molar-refractivity contribution in [1.82, 2.24) is 0 Å². The number of rotatable bonds is 11. The van der Waals surface area contributed by atoms with Crippen LogP contribution in [-0.2, 0) is 4.43 Å². The Morgan fingerprint density at radius 2 is 0.731 bits per heavy atom. The van der Waals surface area contributed by atoms with Crippen LogP contribution in [0, 0.1) is 20.8 Å². The molecule has 0 atom stereocenters. The fourth-order valence-corrected chi connectivity index (χ4v) is 9.42. The lowest BCUT2D eigenvalue weighted by Crippen LogP contribution is -2.45. The highest BCUT2D eigenvalue weighted by Crippen LogP contribution is 2.40. The van der Waals surface area contributed by atoms with Gasteiger partial charge < -0.3 is 44.8 Å². The number of alkyl halides is 9. The number of hydrogen-bond donors (Lipinski definition) is 5. The van der Waals surface area contributed by atoms with E-state index in [1.54, 1.807) is 57.2 Å². The van der Waals surface area contributed by atoms with E-state index in [9.17, 15) is 49.7 Å². The lowest BCUT2D eigenvalue weighted by Gasteiger charge is -2.41. The average molecular weight is 982 g/mol. The van der Waals surface area contributed by atoms with Crippen molar-refractivity contribution in [1.29, 1.82) is 0 Å². The van der Waals surface area contributed by atoms with Gasteiger partial charge in [-0.15, -0.1) is 39.5 Å². The van der Waals surface area contributed by atoms with Crippen LogP contribution in [0.2, 0.25) is 18.1 Å². The second-order valence-electron chi connectivity index (χ2n) is 19.4. The van der Waals surface area contributed by atoms with Crippen LogP contribution in [0.3, 0.4) is 0 Å². The van der Waals surface area contributed by atoms with Crippen LogP contribution in [-0.4, -0.2) is 74.1 Å². The van der Waals surface area contributed by atoms with Gasteiger partial charge in [0.25, 0.3) is 0 Å². The molecule has 0 radical (unpaired) electrons. The van der Waals surface area contributed by atoms with Crippen LogP contribution in [0.15, 0.2) is 54.6 Å². The van der Waals surface area contributed by atoms with Gasteiger partial charge in [0.05, 0.1) is 12.2 Å². The molecule has 9 nitrogen and oxygen atoms in total. The van der Waals surface area contributed by atoms with E-state index in [0.29, 0.717) is 28.8 Å². The summed E-state index contributed by atoms with van der Waals surface area (Å²) in [6.45, 7) is 16.1. The van der Waals surface area contributed by atoms with E-state index >= 15 is 0 Å². The van der Waals surface area contributed by atoms with Crippen molar-refractivity contribution in [2.45, 2.75) is 192 Å². The largest absolute Gasteiger partial charge is 0.573 e. The fourth-order valence-electron chi connectivity index (χ4n) is 8.00. The Morgan fingerprint density at radius 1 is 0.463 bits per heavy atom. The SMILES string of the molecule is Cc1cc(NC2CCC(O)CC2)ccc1OC(F)(F)F.Cc1cc(NC2CCC(O)CC2)ccc1OC(F)(F)F.Cc1cc(NC2CCC(O[Si](C)(C)C(C)(C)C)CC2)ccc1OC(F)(F)F. The highest BCUT2D eigenvalue weighted by molar-refractivity contribution is 6.74. The second kappa shape index (κ2) is 23.5. The van der Waals surface area contributed by atoms with Crippen LogP contribution >= 0.6 is 0 Å². The lowest BCUT2D eigenvalue weighted by atomic mass is 9.93. The third-order valence-corrected chi connectivity index (χ3v) is 17.2. The molecular weight excluding hydrogens is 914 g/mol. The summed E-state index contributed by atoms with van der Waals surface area (Å²) in [6.07, 6.45) is -3.64. The summed E-state index contributed by atoms with van der Waals surface area (Å²) < 4.78 is 129. The van der Waals surface area contributed by atoms with E-state index in [-0.39, 0.29) is 46.6 Å². The summed E-state index contributed by atoms with van der Waals surface area (Å²) in [5, 5.41) is 29.1. The Morgan fingerprint density at radius 3 is 0.970 bits per heavy atom. The molecule has 0 heterocycles. The molecule has 5 N–H and O–H groups in total. The third-order valence-electron chi connectivity index (χ3n) is 12.6. The molecule has 3 aromatic rings. The van der Waals surface area contributed by atoms with Crippen LogP contribution in [0.5, 0.6) is 17.2 Å². The van der Waals surface area contributed by atoms with Crippen LogP contribution in [0.25, 0.3) is 0 Å². The predicted octanol–water partition coefficient (Wildman–Crippen LogP) is 13.9. The molecule has 0 aliphatic heterocycles. The quantitative estimate of drug-likeness (QED) is 0.0947. The smallest absolute Gasteiger partial charge is 0.414 e. The molecule has 0 unspecified atom stereocenters. The zero-order valence-corrected chi connectivity index (χ0v) is 40.6. The van der Waals surface area contributed by atoms with E-state index in [1.807, 2.05) is 0 Å². The zero-order chi connectivity index (χ0) is 50.0. The summed E-state index contributed by atoms with van der Waals surface area (Å²) in [6, 6.07) is 14.7. The van der Waals surface area contributed by atoms with E-state index < -0.39 is 27.4 Å². The van der Waals surface area contributed by atoms with Gasteiger partial charge in [-0.25, -0.2) is 0 Å². The van der Waals surface area contributed by atoms with E-state index in [0.717, 1.165) is 94.1 Å². The summed E-state index contributed by atoms with van der Waals surface area (Å²) in [4.78, 5) is 0. The number of anilines is 3. The topological polar surface area (TPSA) is 113 Å². The molecule has 0 amide bonds. The Labute approximate surface area is 389 Å². The maximum absolute atomic E-state index is 12.4. The monoisotopic (exact) mass is 981 g/mol. The minimum absolute atomic E-state index is 0.153. The molecule has 3 saturated carbocycles. The molecule has 0 saturated heterocycles. The Balaban J connectivity index is 0.000000223. The maximum Gasteiger partial charge on any atom is 0.573 e. The maximum atomic E-state index is 12.4. The number of hydrogen-bond acceptors (Lipinski definition) is 9. The molecule has 67 heavy (non-hydrogen) atoms. The van der Waals surface area contributed by atoms with Crippen molar-refractivity contribution < 1.29 is 68.4 Å². The zero-order valence-electron chi connectivity index (χ0n) is 39.6. The molecule has 3 aliphatic carbocycles. The molecular formula is C48H68F9N3O6Si. The minimum Gasteiger partial charge on any atom is -0.414 e. The molecule has 0 spiro atoms. The fraction of sp³-hybridized carbons (Fsp3) is 0.625. The van der Waals surface area contributed by atoms with Gasteiger partial charge in [0.15, 0.2) is 8.32 Å². The van der Waals surface area contributed by atoms with Crippen molar-refractivity contribution in [3.8, 4) is 17.2 Å². The molecule has 19 heteroatoms. The molecule has 3 fully saturated rings. The molecule has 6 rings (SSSR count). The summed E-state index contributed by atoms with van der Waals surface area (Å²) in [5.74, 6) is -0.510. The van der Waals surface area contributed by atoms with Crippen molar-refractivity contribution in [2.75, 3.05) is 16.0 Å². The average Bonchev–Trinajstić information content (AvgIpc) is 3.19. The van der Waals surface area contributed by atoms with Gasteiger partial charge in [-0.05, 0) is 187 Å². The highest BCUT2D eigenvalue weighted by Gasteiger charge is 2.40. The number of halogens is 9. The number of ether oxygens (including phenoxy) is 3. The van der Waals surface area contributed by atoms with E-state index in [1.165, 1.54) is 18.2 Å². The first-order valence-electron chi connectivity index (χ1n) is 22.9. The van der Waals surface area contributed by atoms with Gasteiger partial charge in [0, 0.05) is 41.3 Å². The standard InChI is InChI=1S/C20H32F3NO2Si.2C14H18F3NO2/c1-14-13-16(9-12-18(14)25-20(21,22)23)24-15-7-10-17(11-8-15)26-27(5,6)19(2,3)4;2*1-9-8-11(4-7-13(9)20-14(15,16)17)18-10-2-5-12(19)6-3-10/h9,12-13,15,17,24H,7-8,10-11H2,1-6H3;2*4,7-8,10,12,18-19H,2-3,5-6H2,1H3. The molecule has 0 aromatic heterocycles. The Bertz CT molecular complexity index is 1900. The molecule has 3 aliphatic rings. The number of benzene rings is 3. The van der Waals surface area contributed by atoms with Crippen LogP contribution in [0.1, 0.15) is 115 Å². The number of aryl methyl sites for hydroxylation is 3.